The molecule has 2 fully saturated rings. The van der Waals surface area contributed by atoms with Gasteiger partial charge in [-0.05, 0) is 45.3 Å². The maximum atomic E-state index is 13.4. The predicted molar refractivity (Wildman–Crippen MR) is 94.3 cm³/mol. The molecule has 144 valence electrons. The van der Waals surface area contributed by atoms with Gasteiger partial charge in [-0.3, -0.25) is 14.4 Å². The van der Waals surface area contributed by atoms with E-state index in [1.165, 1.54) is 7.11 Å². The first-order valence-corrected chi connectivity index (χ1v) is 9.38. The van der Waals surface area contributed by atoms with Crippen LogP contribution in [0.3, 0.4) is 0 Å². The third-order valence-corrected chi connectivity index (χ3v) is 6.91. The Morgan fingerprint density at radius 2 is 2.07 bits per heavy atom. The van der Waals surface area contributed by atoms with Gasteiger partial charge in [0.1, 0.15) is 6.10 Å². The first kappa shape index (κ1) is 18.0. The number of allylic oxidation sites excluding steroid dienone is 2. The minimum Gasteiger partial charge on any atom is -0.472 e. The highest BCUT2D eigenvalue weighted by Gasteiger charge is 2.68. The Hall–Kier alpha value is -2.37. The van der Waals surface area contributed by atoms with E-state index in [2.05, 4.69) is 0 Å². The summed E-state index contributed by atoms with van der Waals surface area (Å²) < 4.78 is 16.0. The number of hydrogen-bond acceptors (Lipinski definition) is 6. The number of esters is 2. The highest BCUT2D eigenvalue weighted by Crippen LogP contribution is 2.63. The monoisotopic (exact) mass is 372 g/mol. The van der Waals surface area contributed by atoms with Crippen LogP contribution in [0, 0.1) is 22.7 Å². The van der Waals surface area contributed by atoms with Crippen molar-refractivity contribution in [2.45, 2.75) is 45.6 Å². The van der Waals surface area contributed by atoms with Crippen molar-refractivity contribution in [3.63, 3.8) is 0 Å². The molecular weight excluding hydrogens is 348 g/mol. The van der Waals surface area contributed by atoms with E-state index in [0.717, 1.165) is 11.1 Å². The van der Waals surface area contributed by atoms with Gasteiger partial charge < -0.3 is 13.9 Å². The number of hydrogen-bond donors (Lipinski definition) is 0. The lowest BCUT2D eigenvalue weighted by Crippen LogP contribution is -2.62. The van der Waals surface area contributed by atoms with Crippen LogP contribution in [0.4, 0.5) is 0 Å². The van der Waals surface area contributed by atoms with E-state index in [-0.39, 0.29) is 17.7 Å². The second kappa shape index (κ2) is 6.08. The summed E-state index contributed by atoms with van der Waals surface area (Å²) >= 11 is 0. The fourth-order valence-corrected chi connectivity index (χ4v) is 5.74. The molecule has 0 aromatic carbocycles. The number of cyclic esters (lactones) is 1. The molecule has 27 heavy (non-hydrogen) atoms. The molecule has 1 aromatic rings. The minimum absolute atomic E-state index is 0.148. The zero-order valence-electron chi connectivity index (χ0n) is 15.8. The molecule has 4 rings (SSSR count). The Balaban J connectivity index is 1.83. The molecule has 5 atom stereocenters. The number of carbonyl (C=O) groups excluding carboxylic acids is 3. The Labute approximate surface area is 157 Å². The fourth-order valence-electron chi connectivity index (χ4n) is 5.74. The molecule has 0 bridgehead atoms. The molecule has 2 heterocycles. The highest BCUT2D eigenvalue weighted by molar-refractivity contribution is 6.02. The standard InChI is InChI=1S/C21H24O6/c1-12-9-15(22)17-20(2,18(23)25-3)6-4-7-21(17)14(12)10-16(27-19(21)24)13-5-8-26-11-13/h5,8-9,11,14,16-17H,4,6-7,10H2,1-3H3. The number of carbonyl (C=O) groups is 3. The van der Waals surface area contributed by atoms with E-state index in [1.54, 1.807) is 31.6 Å². The van der Waals surface area contributed by atoms with Crippen molar-refractivity contribution in [2.24, 2.45) is 22.7 Å². The molecular formula is C21H24O6. The summed E-state index contributed by atoms with van der Waals surface area (Å²) in [5.74, 6) is -1.89. The Morgan fingerprint density at radius 1 is 1.30 bits per heavy atom. The van der Waals surface area contributed by atoms with Crippen LogP contribution in [0.2, 0.25) is 0 Å². The molecule has 1 saturated heterocycles. The van der Waals surface area contributed by atoms with Gasteiger partial charge in [-0.25, -0.2) is 0 Å². The van der Waals surface area contributed by atoms with E-state index in [1.807, 2.05) is 6.92 Å². The van der Waals surface area contributed by atoms with Crippen LogP contribution in [-0.4, -0.2) is 24.8 Å². The van der Waals surface area contributed by atoms with Gasteiger partial charge in [0.15, 0.2) is 5.78 Å². The second-order valence-electron chi connectivity index (χ2n) is 8.27. The van der Waals surface area contributed by atoms with Crippen LogP contribution >= 0.6 is 0 Å². The molecule has 1 saturated carbocycles. The third-order valence-electron chi connectivity index (χ3n) is 6.91. The molecule has 1 aromatic heterocycles. The molecule has 0 amide bonds. The van der Waals surface area contributed by atoms with Crippen LogP contribution in [-0.2, 0) is 23.9 Å². The number of ether oxygens (including phenoxy) is 2. The Morgan fingerprint density at radius 3 is 2.74 bits per heavy atom. The Bertz CT molecular complexity index is 822. The normalized spacial score (nSPS) is 38.3. The first-order valence-electron chi connectivity index (χ1n) is 9.38. The molecule has 5 unspecified atom stereocenters. The van der Waals surface area contributed by atoms with Crippen LogP contribution in [0.5, 0.6) is 0 Å². The molecule has 6 nitrogen and oxygen atoms in total. The summed E-state index contributed by atoms with van der Waals surface area (Å²) in [5.41, 5.74) is -0.334. The molecule has 6 heteroatoms. The number of rotatable bonds is 2. The van der Waals surface area contributed by atoms with Gasteiger partial charge in [0.25, 0.3) is 0 Å². The van der Waals surface area contributed by atoms with E-state index < -0.39 is 28.8 Å². The summed E-state index contributed by atoms with van der Waals surface area (Å²) in [6, 6.07) is 1.79. The van der Waals surface area contributed by atoms with Crippen LogP contribution in [0.25, 0.3) is 0 Å². The predicted octanol–water partition coefficient (Wildman–Crippen LogP) is 3.38. The minimum atomic E-state index is -1.03. The highest BCUT2D eigenvalue weighted by atomic mass is 16.5. The van der Waals surface area contributed by atoms with Gasteiger partial charge in [-0.2, -0.15) is 0 Å². The van der Waals surface area contributed by atoms with Gasteiger partial charge in [-0.15, -0.1) is 0 Å². The van der Waals surface area contributed by atoms with Gasteiger partial charge in [0, 0.05) is 11.5 Å². The largest absolute Gasteiger partial charge is 0.472 e. The molecule has 2 aliphatic carbocycles. The first-order chi connectivity index (χ1) is 12.8. The lowest BCUT2D eigenvalue weighted by atomic mass is 9.46. The summed E-state index contributed by atoms with van der Waals surface area (Å²) in [6.45, 7) is 3.65. The van der Waals surface area contributed by atoms with E-state index >= 15 is 0 Å². The summed E-state index contributed by atoms with van der Waals surface area (Å²) in [6.07, 6.45) is 6.66. The van der Waals surface area contributed by atoms with Crippen LogP contribution in [0.15, 0.2) is 34.7 Å². The van der Waals surface area contributed by atoms with Crippen molar-refractivity contribution in [2.75, 3.05) is 7.11 Å². The molecule has 3 aliphatic rings. The molecule has 1 spiro atoms. The topological polar surface area (TPSA) is 82.8 Å². The van der Waals surface area contributed by atoms with Crippen molar-refractivity contribution >= 4 is 17.7 Å². The summed E-state index contributed by atoms with van der Waals surface area (Å²) in [4.78, 5) is 39.1. The lowest BCUT2D eigenvalue weighted by molar-refractivity contribution is -0.201. The van der Waals surface area contributed by atoms with Crippen LogP contribution < -0.4 is 0 Å². The van der Waals surface area contributed by atoms with Gasteiger partial charge in [0.05, 0.1) is 36.4 Å². The van der Waals surface area contributed by atoms with Crippen LogP contribution in [0.1, 0.15) is 51.2 Å². The van der Waals surface area contributed by atoms with Gasteiger partial charge >= 0.3 is 11.9 Å². The van der Waals surface area contributed by atoms with E-state index in [0.29, 0.717) is 25.7 Å². The lowest BCUT2D eigenvalue weighted by Gasteiger charge is -2.57. The number of ketones is 1. The quantitative estimate of drug-likeness (QED) is 0.740. The zero-order valence-corrected chi connectivity index (χ0v) is 15.8. The maximum absolute atomic E-state index is 13.4. The van der Waals surface area contributed by atoms with Crippen molar-refractivity contribution in [1.29, 1.82) is 0 Å². The third kappa shape index (κ3) is 2.35. The van der Waals surface area contributed by atoms with Crippen molar-refractivity contribution in [3.05, 3.63) is 35.8 Å². The zero-order chi connectivity index (χ0) is 19.4. The van der Waals surface area contributed by atoms with Gasteiger partial charge in [0.2, 0.25) is 0 Å². The summed E-state index contributed by atoms with van der Waals surface area (Å²) in [5, 5.41) is 0. The average molecular weight is 372 g/mol. The number of furan rings is 1. The Kier molecular flexibility index (Phi) is 4.05. The maximum Gasteiger partial charge on any atom is 0.314 e. The fraction of sp³-hybridized carbons (Fsp3) is 0.571. The number of methoxy groups -OCH3 is 1. The van der Waals surface area contributed by atoms with Crippen molar-refractivity contribution in [1.82, 2.24) is 0 Å². The average Bonchev–Trinajstić information content (AvgIpc) is 3.17. The van der Waals surface area contributed by atoms with E-state index in [4.69, 9.17) is 13.9 Å². The molecule has 0 radical (unpaired) electrons. The van der Waals surface area contributed by atoms with Gasteiger partial charge in [-0.1, -0.05) is 12.0 Å². The van der Waals surface area contributed by atoms with Crippen molar-refractivity contribution in [3.8, 4) is 0 Å². The molecule has 0 N–H and O–H groups in total. The SMILES string of the molecule is COC(=O)C1(C)CCCC23C(=O)OC(c4ccoc4)CC2C(C)=CC(=O)C13. The van der Waals surface area contributed by atoms with Crippen molar-refractivity contribution < 1.29 is 28.3 Å². The molecule has 1 aliphatic heterocycles. The second-order valence-corrected chi connectivity index (χ2v) is 8.27. The summed E-state index contributed by atoms with van der Waals surface area (Å²) in [7, 11) is 1.33. The smallest absolute Gasteiger partial charge is 0.314 e. The van der Waals surface area contributed by atoms with E-state index in [9.17, 15) is 14.4 Å².